The van der Waals surface area contributed by atoms with E-state index in [1.807, 2.05) is 42.9 Å². The summed E-state index contributed by atoms with van der Waals surface area (Å²) in [6.07, 6.45) is 1.98. The first kappa shape index (κ1) is 14.9. The van der Waals surface area contributed by atoms with E-state index in [-0.39, 0.29) is 0 Å². The van der Waals surface area contributed by atoms with E-state index in [4.69, 9.17) is 11.6 Å². The molecule has 0 atom stereocenters. The number of imidazole rings is 1. The minimum absolute atomic E-state index is 0.557. The molecule has 0 amide bonds. The standard InChI is InChI=1S/C17H19ClN4/c1-21(2)14-8-6-13(7-9-14)11-19-12-15-17(18)20-16-5-3-4-10-22(15)16/h3-10,19H,11-12H2,1-2H3. The summed E-state index contributed by atoms with van der Waals surface area (Å²) in [5.41, 5.74) is 4.31. The number of pyridine rings is 1. The zero-order valence-electron chi connectivity index (χ0n) is 12.8. The van der Waals surface area contributed by atoms with E-state index in [1.165, 1.54) is 11.3 Å². The Morgan fingerprint density at radius 2 is 1.86 bits per heavy atom. The van der Waals surface area contributed by atoms with Crippen LogP contribution in [-0.2, 0) is 13.1 Å². The normalized spacial score (nSPS) is 11.0. The van der Waals surface area contributed by atoms with Crippen molar-refractivity contribution < 1.29 is 0 Å². The van der Waals surface area contributed by atoms with E-state index < -0.39 is 0 Å². The summed E-state index contributed by atoms with van der Waals surface area (Å²) in [5, 5.41) is 3.98. The van der Waals surface area contributed by atoms with Gasteiger partial charge in [0, 0.05) is 39.1 Å². The topological polar surface area (TPSA) is 32.6 Å². The summed E-state index contributed by atoms with van der Waals surface area (Å²) in [6.45, 7) is 1.48. The number of nitrogens with one attached hydrogen (secondary N) is 1. The van der Waals surface area contributed by atoms with Gasteiger partial charge in [-0.3, -0.25) is 0 Å². The Kier molecular flexibility index (Phi) is 4.32. The number of hydrogen-bond donors (Lipinski definition) is 1. The second-order valence-electron chi connectivity index (χ2n) is 5.44. The first-order chi connectivity index (χ1) is 10.6. The molecule has 22 heavy (non-hydrogen) atoms. The van der Waals surface area contributed by atoms with Gasteiger partial charge in [-0.15, -0.1) is 0 Å². The Hall–Kier alpha value is -2.04. The van der Waals surface area contributed by atoms with E-state index >= 15 is 0 Å². The van der Waals surface area contributed by atoms with E-state index in [2.05, 4.69) is 39.5 Å². The smallest absolute Gasteiger partial charge is 0.152 e. The average molecular weight is 315 g/mol. The Bertz CT molecular complexity index is 762. The molecule has 0 aliphatic rings. The fraction of sp³-hybridized carbons (Fsp3) is 0.235. The van der Waals surface area contributed by atoms with Gasteiger partial charge in [-0.05, 0) is 29.8 Å². The molecule has 1 N–H and O–H groups in total. The molecule has 3 aromatic rings. The molecule has 2 aromatic heterocycles. The molecule has 0 bridgehead atoms. The third kappa shape index (κ3) is 3.08. The molecule has 0 saturated heterocycles. The molecule has 0 radical (unpaired) electrons. The van der Waals surface area contributed by atoms with Gasteiger partial charge in [-0.25, -0.2) is 4.98 Å². The summed E-state index contributed by atoms with van der Waals surface area (Å²) in [5.74, 6) is 0. The molecule has 2 heterocycles. The summed E-state index contributed by atoms with van der Waals surface area (Å²) in [4.78, 5) is 6.45. The van der Waals surface area contributed by atoms with E-state index in [9.17, 15) is 0 Å². The van der Waals surface area contributed by atoms with Crippen LogP contribution in [0, 0.1) is 0 Å². The van der Waals surface area contributed by atoms with Crippen molar-refractivity contribution >= 4 is 22.9 Å². The van der Waals surface area contributed by atoms with Crippen LogP contribution in [0.3, 0.4) is 0 Å². The van der Waals surface area contributed by atoms with Crippen molar-refractivity contribution in [1.29, 1.82) is 0 Å². The van der Waals surface area contributed by atoms with Gasteiger partial charge >= 0.3 is 0 Å². The van der Waals surface area contributed by atoms with Gasteiger partial charge in [0.05, 0.1) is 5.69 Å². The molecule has 4 nitrogen and oxygen atoms in total. The summed E-state index contributed by atoms with van der Waals surface area (Å²) >= 11 is 6.23. The van der Waals surface area contributed by atoms with Gasteiger partial charge in [0.1, 0.15) is 5.65 Å². The first-order valence-electron chi connectivity index (χ1n) is 7.23. The minimum Gasteiger partial charge on any atom is -0.378 e. The number of rotatable bonds is 5. The zero-order valence-corrected chi connectivity index (χ0v) is 13.5. The van der Waals surface area contributed by atoms with Gasteiger partial charge in [0.2, 0.25) is 0 Å². The van der Waals surface area contributed by atoms with E-state index in [1.54, 1.807) is 0 Å². The van der Waals surface area contributed by atoms with Crippen LogP contribution in [0.2, 0.25) is 5.15 Å². The van der Waals surface area contributed by atoms with E-state index in [0.717, 1.165) is 17.9 Å². The maximum Gasteiger partial charge on any atom is 0.152 e. The third-order valence-electron chi connectivity index (χ3n) is 3.65. The van der Waals surface area contributed by atoms with Crippen LogP contribution in [0.4, 0.5) is 5.69 Å². The van der Waals surface area contributed by atoms with Crippen molar-refractivity contribution in [1.82, 2.24) is 14.7 Å². The molecular weight excluding hydrogens is 296 g/mol. The number of benzene rings is 1. The second kappa shape index (κ2) is 6.38. The van der Waals surface area contributed by atoms with Crippen LogP contribution < -0.4 is 10.2 Å². The lowest BCUT2D eigenvalue weighted by atomic mass is 10.2. The minimum atomic E-state index is 0.557. The number of anilines is 1. The SMILES string of the molecule is CN(C)c1ccc(CNCc2c(Cl)nc3ccccn23)cc1. The average Bonchev–Trinajstić information content (AvgIpc) is 2.84. The maximum absolute atomic E-state index is 6.23. The monoisotopic (exact) mass is 314 g/mol. The summed E-state index contributed by atoms with van der Waals surface area (Å²) < 4.78 is 2.02. The quantitative estimate of drug-likeness (QED) is 0.784. The molecule has 0 aliphatic carbocycles. The van der Waals surface area contributed by atoms with Crippen molar-refractivity contribution in [3.8, 4) is 0 Å². The molecule has 0 spiro atoms. The van der Waals surface area contributed by atoms with Crippen molar-refractivity contribution in [3.63, 3.8) is 0 Å². The highest BCUT2D eigenvalue weighted by Crippen LogP contribution is 2.17. The fourth-order valence-corrected chi connectivity index (χ4v) is 2.66. The predicted molar refractivity (Wildman–Crippen MR) is 91.5 cm³/mol. The molecule has 0 fully saturated rings. The van der Waals surface area contributed by atoms with Crippen molar-refractivity contribution in [2.75, 3.05) is 19.0 Å². The van der Waals surface area contributed by atoms with E-state index in [0.29, 0.717) is 11.7 Å². The van der Waals surface area contributed by atoms with Crippen LogP contribution in [0.25, 0.3) is 5.65 Å². The molecule has 5 heteroatoms. The van der Waals surface area contributed by atoms with Crippen LogP contribution in [0.5, 0.6) is 0 Å². The Labute approximate surface area is 135 Å². The Balaban J connectivity index is 1.66. The highest BCUT2D eigenvalue weighted by atomic mass is 35.5. The zero-order chi connectivity index (χ0) is 15.5. The van der Waals surface area contributed by atoms with Gasteiger partial charge < -0.3 is 14.6 Å². The molecule has 114 valence electrons. The highest BCUT2D eigenvalue weighted by Gasteiger charge is 2.09. The molecule has 1 aromatic carbocycles. The van der Waals surface area contributed by atoms with Crippen LogP contribution in [0.1, 0.15) is 11.3 Å². The van der Waals surface area contributed by atoms with Crippen molar-refractivity contribution in [3.05, 3.63) is 65.1 Å². The number of halogens is 1. The van der Waals surface area contributed by atoms with Gasteiger partial charge in [-0.2, -0.15) is 0 Å². The number of fused-ring (bicyclic) bond motifs is 1. The summed E-state index contributed by atoms with van der Waals surface area (Å²) in [7, 11) is 4.08. The Morgan fingerprint density at radius 3 is 2.59 bits per heavy atom. The van der Waals surface area contributed by atoms with Gasteiger partial charge in [-0.1, -0.05) is 29.8 Å². The van der Waals surface area contributed by atoms with Gasteiger partial charge in [0.15, 0.2) is 5.15 Å². The molecule has 0 unspecified atom stereocenters. The fourth-order valence-electron chi connectivity index (χ4n) is 2.41. The lowest BCUT2D eigenvalue weighted by molar-refractivity contribution is 0.676. The second-order valence-corrected chi connectivity index (χ2v) is 5.80. The maximum atomic E-state index is 6.23. The number of aromatic nitrogens is 2. The lowest BCUT2D eigenvalue weighted by Gasteiger charge is -2.13. The Morgan fingerprint density at radius 1 is 1.09 bits per heavy atom. The first-order valence-corrected chi connectivity index (χ1v) is 7.61. The third-order valence-corrected chi connectivity index (χ3v) is 3.96. The molecular formula is C17H19ClN4. The van der Waals surface area contributed by atoms with Crippen molar-refractivity contribution in [2.24, 2.45) is 0 Å². The lowest BCUT2D eigenvalue weighted by Crippen LogP contribution is -2.14. The number of nitrogens with zero attached hydrogens (tertiary/aromatic N) is 3. The predicted octanol–water partition coefficient (Wildman–Crippen LogP) is 3.34. The summed E-state index contributed by atoms with van der Waals surface area (Å²) in [6, 6.07) is 14.4. The van der Waals surface area contributed by atoms with Crippen LogP contribution >= 0.6 is 11.6 Å². The highest BCUT2D eigenvalue weighted by molar-refractivity contribution is 6.30. The van der Waals surface area contributed by atoms with Gasteiger partial charge in [0.25, 0.3) is 0 Å². The van der Waals surface area contributed by atoms with Crippen LogP contribution in [-0.4, -0.2) is 23.5 Å². The largest absolute Gasteiger partial charge is 0.378 e. The van der Waals surface area contributed by atoms with Crippen LogP contribution in [0.15, 0.2) is 48.7 Å². The molecule has 3 rings (SSSR count). The molecule has 0 saturated carbocycles. The molecule has 0 aliphatic heterocycles. The van der Waals surface area contributed by atoms with Crippen molar-refractivity contribution in [2.45, 2.75) is 13.1 Å². The number of hydrogen-bond acceptors (Lipinski definition) is 3.